The number of rotatable bonds is 2. The van der Waals surface area contributed by atoms with Crippen LogP contribution in [0.4, 0.5) is 0 Å². The smallest absolute Gasteiger partial charge is 0.150 e. The summed E-state index contributed by atoms with van der Waals surface area (Å²) >= 11 is 0. The molecule has 5 rings (SSSR count). The van der Waals surface area contributed by atoms with Crippen LogP contribution in [-0.4, -0.2) is 12.6 Å². The first-order valence-electron chi connectivity index (χ1n) is 9.18. The summed E-state index contributed by atoms with van der Waals surface area (Å²) in [6, 6.07) is 28.1. The summed E-state index contributed by atoms with van der Waals surface area (Å²) in [5, 5.41) is 0. The van der Waals surface area contributed by atoms with Crippen LogP contribution in [-0.2, 0) is 0 Å². The standard InChI is InChI=1S/C26H16O2/c27-15-17-9-11-23-24-12-10-18(16-28)14-26(24)22-8-4-2-6-20(22)19-5-1-3-7-21(19)25(23)13-17/h1-16H. The number of fused-ring (bicyclic) bond motifs is 8. The van der Waals surface area contributed by atoms with Gasteiger partial charge in [0.15, 0.2) is 0 Å². The van der Waals surface area contributed by atoms with Gasteiger partial charge in [-0.1, -0.05) is 72.8 Å². The van der Waals surface area contributed by atoms with Crippen molar-refractivity contribution in [3.63, 3.8) is 0 Å². The first kappa shape index (κ1) is 16.4. The van der Waals surface area contributed by atoms with Gasteiger partial charge < -0.3 is 0 Å². The number of hydrogen-bond acceptors (Lipinski definition) is 2. The molecule has 0 saturated heterocycles. The molecule has 28 heavy (non-hydrogen) atoms. The van der Waals surface area contributed by atoms with Crippen molar-refractivity contribution in [2.75, 3.05) is 0 Å². The molecule has 0 N–H and O–H groups in total. The van der Waals surface area contributed by atoms with Crippen LogP contribution in [0, 0.1) is 0 Å². The van der Waals surface area contributed by atoms with Crippen molar-refractivity contribution >= 4 is 12.6 Å². The summed E-state index contributed by atoms with van der Waals surface area (Å²) < 4.78 is 0. The summed E-state index contributed by atoms with van der Waals surface area (Å²) in [7, 11) is 0. The fourth-order valence-corrected chi connectivity index (χ4v) is 4.09. The molecule has 4 aromatic rings. The van der Waals surface area contributed by atoms with Crippen molar-refractivity contribution in [2.24, 2.45) is 0 Å². The zero-order chi connectivity index (χ0) is 19.1. The molecule has 0 spiro atoms. The minimum atomic E-state index is 0.647. The van der Waals surface area contributed by atoms with Gasteiger partial charge in [-0.15, -0.1) is 0 Å². The third-order valence-electron chi connectivity index (χ3n) is 5.37. The van der Waals surface area contributed by atoms with Crippen molar-refractivity contribution < 1.29 is 9.59 Å². The van der Waals surface area contributed by atoms with Gasteiger partial charge in [0, 0.05) is 11.1 Å². The van der Waals surface area contributed by atoms with Crippen LogP contribution in [0.2, 0.25) is 0 Å². The number of benzene rings is 4. The van der Waals surface area contributed by atoms with Gasteiger partial charge in [0.1, 0.15) is 12.6 Å². The van der Waals surface area contributed by atoms with E-state index in [0.29, 0.717) is 11.1 Å². The minimum Gasteiger partial charge on any atom is -0.298 e. The second kappa shape index (κ2) is 6.43. The van der Waals surface area contributed by atoms with Crippen LogP contribution in [0.3, 0.4) is 0 Å². The fraction of sp³-hybridized carbons (Fsp3) is 0. The molecule has 1 aliphatic carbocycles. The Morgan fingerprint density at radius 1 is 0.393 bits per heavy atom. The minimum absolute atomic E-state index is 0.647. The van der Waals surface area contributed by atoms with E-state index < -0.39 is 0 Å². The Morgan fingerprint density at radius 3 is 1.07 bits per heavy atom. The lowest BCUT2D eigenvalue weighted by molar-refractivity contribution is 0.111. The molecule has 0 bridgehead atoms. The molecule has 0 aliphatic heterocycles. The van der Waals surface area contributed by atoms with E-state index >= 15 is 0 Å². The van der Waals surface area contributed by atoms with E-state index in [9.17, 15) is 9.59 Å². The largest absolute Gasteiger partial charge is 0.298 e. The first-order valence-corrected chi connectivity index (χ1v) is 9.18. The second-order valence-electron chi connectivity index (χ2n) is 6.94. The summed E-state index contributed by atoms with van der Waals surface area (Å²) in [6.45, 7) is 0. The highest BCUT2D eigenvalue weighted by molar-refractivity contribution is 6.04. The van der Waals surface area contributed by atoms with Crippen LogP contribution >= 0.6 is 0 Å². The van der Waals surface area contributed by atoms with Gasteiger partial charge in [0.2, 0.25) is 0 Å². The molecule has 0 fully saturated rings. The molecule has 0 amide bonds. The first-order chi connectivity index (χ1) is 13.8. The quantitative estimate of drug-likeness (QED) is 0.347. The Bertz CT molecular complexity index is 1150. The lowest BCUT2D eigenvalue weighted by Crippen LogP contribution is -1.98. The maximum Gasteiger partial charge on any atom is 0.150 e. The predicted octanol–water partition coefficient (Wildman–Crippen LogP) is 6.29. The van der Waals surface area contributed by atoms with Crippen LogP contribution in [0.15, 0.2) is 84.9 Å². The van der Waals surface area contributed by atoms with E-state index in [-0.39, 0.29) is 0 Å². The van der Waals surface area contributed by atoms with Crippen LogP contribution < -0.4 is 0 Å². The summed E-state index contributed by atoms with van der Waals surface area (Å²) in [4.78, 5) is 22.9. The predicted molar refractivity (Wildman–Crippen MR) is 113 cm³/mol. The average molecular weight is 360 g/mol. The molecule has 1 aliphatic rings. The van der Waals surface area contributed by atoms with E-state index in [1.807, 2.05) is 60.7 Å². The third kappa shape index (κ3) is 2.43. The zero-order valence-electron chi connectivity index (χ0n) is 15.1. The summed E-state index contributed by atoms with van der Waals surface area (Å²) in [6.07, 6.45) is 1.76. The van der Waals surface area contributed by atoms with Gasteiger partial charge in [-0.2, -0.15) is 0 Å². The molecule has 0 aromatic heterocycles. The fourth-order valence-electron chi connectivity index (χ4n) is 4.09. The highest BCUT2D eigenvalue weighted by Crippen LogP contribution is 2.47. The number of hydrogen-bond donors (Lipinski definition) is 0. The molecule has 0 heterocycles. The monoisotopic (exact) mass is 360 g/mol. The van der Waals surface area contributed by atoms with Crippen molar-refractivity contribution in [1.29, 1.82) is 0 Å². The number of aldehydes is 2. The normalized spacial score (nSPS) is 11.1. The third-order valence-corrected chi connectivity index (χ3v) is 5.37. The van der Waals surface area contributed by atoms with Crippen LogP contribution in [0.25, 0.3) is 44.5 Å². The number of carbonyl (C=O) groups is 2. The van der Waals surface area contributed by atoms with Crippen molar-refractivity contribution in [3.05, 3.63) is 96.1 Å². The van der Waals surface area contributed by atoms with E-state index in [1.54, 1.807) is 0 Å². The Hall–Kier alpha value is -3.78. The highest BCUT2D eigenvalue weighted by atomic mass is 16.1. The average Bonchev–Trinajstić information content (AvgIpc) is 2.77. The lowest BCUT2D eigenvalue weighted by atomic mass is 9.80. The van der Waals surface area contributed by atoms with E-state index in [1.165, 1.54) is 0 Å². The zero-order valence-corrected chi connectivity index (χ0v) is 15.1. The molecular formula is C26H16O2. The maximum absolute atomic E-state index is 11.4. The SMILES string of the molecule is O=Cc1ccc2c(c1)-c1ccccc1-c1ccccc1-c1cc(C=O)ccc1-2. The Morgan fingerprint density at radius 2 is 0.714 bits per heavy atom. The van der Waals surface area contributed by atoms with Crippen LogP contribution in [0.5, 0.6) is 0 Å². The van der Waals surface area contributed by atoms with Gasteiger partial charge >= 0.3 is 0 Å². The second-order valence-corrected chi connectivity index (χ2v) is 6.94. The molecule has 2 heteroatoms. The van der Waals surface area contributed by atoms with Gasteiger partial charge in [-0.05, 0) is 56.6 Å². The van der Waals surface area contributed by atoms with Gasteiger partial charge in [-0.3, -0.25) is 9.59 Å². The Labute approximate surface area is 163 Å². The Balaban J connectivity index is 1.98. The van der Waals surface area contributed by atoms with Gasteiger partial charge in [0.05, 0.1) is 0 Å². The lowest BCUT2D eigenvalue weighted by Gasteiger charge is -2.23. The molecular weight excluding hydrogens is 344 g/mol. The molecule has 0 atom stereocenters. The molecule has 2 nitrogen and oxygen atoms in total. The van der Waals surface area contributed by atoms with E-state index in [0.717, 1.165) is 57.1 Å². The van der Waals surface area contributed by atoms with E-state index in [2.05, 4.69) is 24.3 Å². The summed E-state index contributed by atoms with van der Waals surface area (Å²) in [5.74, 6) is 0. The number of carbonyl (C=O) groups excluding carboxylic acids is 2. The molecule has 132 valence electrons. The van der Waals surface area contributed by atoms with E-state index in [4.69, 9.17) is 0 Å². The highest BCUT2D eigenvalue weighted by Gasteiger charge is 2.21. The Kier molecular flexibility index (Phi) is 3.77. The summed E-state index contributed by atoms with van der Waals surface area (Å²) in [5.41, 5.74) is 9.87. The van der Waals surface area contributed by atoms with Gasteiger partial charge in [0.25, 0.3) is 0 Å². The maximum atomic E-state index is 11.4. The van der Waals surface area contributed by atoms with Crippen LogP contribution in [0.1, 0.15) is 20.7 Å². The molecule has 0 saturated carbocycles. The van der Waals surface area contributed by atoms with Crippen molar-refractivity contribution in [3.8, 4) is 44.5 Å². The van der Waals surface area contributed by atoms with Crippen molar-refractivity contribution in [2.45, 2.75) is 0 Å². The topological polar surface area (TPSA) is 34.1 Å². The molecule has 4 aromatic carbocycles. The van der Waals surface area contributed by atoms with Gasteiger partial charge in [-0.25, -0.2) is 0 Å². The molecule has 0 radical (unpaired) electrons. The molecule has 0 unspecified atom stereocenters. The van der Waals surface area contributed by atoms with Crippen molar-refractivity contribution in [1.82, 2.24) is 0 Å².